The molecule has 7 heteroatoms. The Bertz CT molecular complexity index is 414. The van der Waals surface area contributed by atoms with Crippen LogP contribution in [0.4, 0.5) is 5.82 Å². The highest BCUT2D eigenvalue weighted by molar-refractivity contribution is 9.10. The number of carbonyl (C=O) groups is 1. The molecular formula is C8H8BrClN4O. The zero-order valence-corrected chi connectivity index (χ0v) is 9.99. The Morgan fingerprint density at radius 1 is 1.67 bits per heavy atom. The van der Waals surface area contributed by atoms with Gasteiger partial charge >= 0.3 is 0 Å². The maximum Gasteiger partial charge on any atom is 0.229 e. The summed E-state index contributed by atoms with van der Waals surface area (Å²) in [5.74, 6) is 0.375. The topological polar surface area (TPSA) is 72.1 Å². The van der Waals surface area contributed by atoms with E-state index in [1.54, 1.807) is 0 Å². The number of carbonyl (C=O) groups excluding carboxylic acids is 1. The first-order valence-corrected chi connectivity index (χ1v) is 5.49. The highest BCUT2D eigenvalue weighted by Gasteiger charge is 2.30. The van der Waals surface area contributed by atoms with Crippen LogP contribution in [0, 0.1) is 0 Å². The number of nitrogens with two attached hydrogens (primary N) is 1. The van der Waals surface area contributed by atoms with E-state index in [0.29, 0.717) is 23.4 Å². The van der Waals surface area contributed by atoms with Gasteiger partial charge in [-0.25, -0.2) is 9.97 Å². The third-order valence-electron chi connectivity index (χ3n) is 2.09. The molecule has 2 N–H and O–H groups in total. The van der Waals surface area contributed by atoms with Crippen molar-refractivity contribution in [3.8, 4) is 0 Å². The molecule has 1 aromatic heterocycles. The molecule has 1 aromatic rings. The predicted octanol–water partition coefficient (Wildman–Crippen LogP) is 0.956. The van der Waals surface area contributed by atoms with Crippen LogP contribution in [-0.4, -0.2) is 28.5 Å². The van der Waals surface area contributed by atoms with Crippen molar-refractivity contribution in [2.24, 2.45) is 5.73 Å². The molecule has 1 atom stereocenters. The molecular weight excluding hydrogens is 283 g/mol. The summed E-state index contributed by atoms with van der Waals surface area (Å²) in [4.78, 5) is 21.1. The van der Waals surface area contributed by atoms with Crippen LogP contribution in [0.2, 0.25) is 5.15 Å². The van der Waals surface area contributed by atoms with E-state index in [-0.39, 0.29) is 17.1 Å². The number of amides is 1. The van der Waals surface area contributed by atoms with Crippen LogP contribution < -0.4 is 10.6 Å². The molecule has 0 radical (unpaired) electrons. The van der Waals surface area contributed by atoms with Gasteiger partial charge in [-0.15, -0.1) is 0 Å². The number of aromatic nitrogens is 2. The van der Waals surface area contributed by atoms with Gasteiger partial charge in [0.15, 0.2) is 5.82 Å². The van der Waals surface area contributed by atoms with Crippen LogP contribution >= 0.6 is 27.5 Å². The molecule has 0 bridgehead atoms. The lowest BCUT2D eigenvalue weighted by Gasteiger charge is -2.15. The van der Waals surface area contributed by atoms with Gasteiger partial charge in [0.1, 0.15) is 9.76 Å². The molecule has 80 valence electrons. The van der Waals surface area contributed by atoms with E-state index >= 15 is 0 Å². The van der Waals surface area contributed by atoms with Crippen molar-refractivity contribution in [3.05, 3.63) is 16.0 Å². The van der Waals surface area contributed by atoms with E-state index in [9.17, 15) is 4.79 Å². The molecule has 1 aliphatic heterocycles. The molecule has 0 saturated carbocycles. The molecule has 0 spiro atoms. The predicted molar refractivity (Wildman–Crippen MR) is 59.7 cm³/mol. The van der Waals surface area contributed by atoms with Crippen LogP contribution in [0.1, 0.15) is 6.42 Å². The van der Waals surface area contributed by atoms with Gasteiger partial charge in [0.05, 0.1) is 6.20 Å². The zero-order chi connectivity index (χ0) is 11.0. The first-order chi connectivity index (χ1) is 7.08. The minimum atomic E-state index is -0.148. The summed E-state index contributed by atoms with van der Waals surface area (Å²) in [6.45, 7) is 0.451. The highest BCUT2D eigenvalue weighted by Crippen LogP contribution is 2.26. The lowest BCUT2D eigenvalue weighted by molar-refractivity contribution is -0.117. The third kappa shape index (κ3) is 2.11. The van der Waals surface area contributed by atoms with Crippen molar-refractivity contribution in [2.75, 3.05) is 11.4 Å². The molecule has 1 unspecified atom stereocenters. The molecule has 2 heterocycles. The number of hydrogen-bond acceptors (Lipinski definition) is 4. The summed E-state index contributed by atoms with van der Waals surface area (Å²) in [6, 6.07) is -0.148. The van der Waals surface area contributed by atoms with E-state index in [2.05, 4.69) is 25.9 Å². The fraction of sp³-hybridized carbons (Fsp3) is 0.375. The van der Waals surface area contributed by atoms with Crippen molar-refractivity contribution < 1.29 is 4.79 Å². The summed E-state index contributed by atoms with van der Waals surface area (Å²) < 4.78 is 0.495. The van der Waals surface area contributed by atoms with E-state index in [1.165, 1.54) is 11.1 Å². The van der Waals surface area contributed by atoms with Crippen LogP contribution in [0.5, 0.6) is 0 Å². The summed E-state index contributed by atoms with van der Waals surface area (Å²) in [6.07, 6.45) is 1.75. The van der Waals surface area contributed by atoms with Gasteiger partial charge in [0.25, 0.3) is 0 Å². The van der Waals surface area contributed by atoms with E-state index in [0.717, 1.165) is 0 Å². The lowest BCUT2D eigenvalue weighted by Crippen LogP contribution is -2.29. The van der Waals surface area contributed by atoms with Crippen molar-refractivity contribution in [2.45, 2.75) is 12.5 Å². The van der Waals surface area contributed by atoms with Crippen LogP contribution in [0.15, 0.2) is 10.8 Å². The second kappa shape index (κ2) is 4.03. The molecule has 1 saturated heterocycles. The monoisotopic (exact) mass is 290 g/mol. The van der Waals surface area contributed by atoms with Gasteiger partial charge in [0, 0.05) is 19.0 Å². The molecule has 1 amide bonds. The number of anilines is 1. The van der Waals surface area contributed by atoms with Gasteiger partial charge in [0.2, 0.25) is 5.91 Å². The second-order valence-electron chi connectivity index (χ2n) is 3.28. The highest BCUT2D eigenvalue weighted by atomic mass is 79.9. The second-order valence-corrected chi connectivity index (χ2v) is 4.41. The normalized spacial score (nSPS) is 21.1. The standard InChI is InChI=1S/C8H8BrClN4O/c9-7-8(13-5(10)2-12-7)14-3-4(11)1-6(14)15/h2,4H,1,3,11H2. The Morgan fingerprint density at radius 2 is 2.40 bits per heavy atom. The molecule has 0 aliphatic carbocycles. The van der Waals surface area contributed by atoms with Crippen LogP contribution in [-0.2, 0) is 4.79 Å². The molecule has 2 rings (SSSR count). The Labute approximate surface area is 99.8 Å². The zero-order valence-electron chi connectivity index (χ0n) is 7.65. The Hall–Kier alpha value is -0.720. The van der Waals surface area contributed by atoms with E-state index < -0.39 is 0 Å². The minimum absolute atomic E-state index is 0.0558. The average Bonchev–Trinajstić information content (AvgIpc) is 2.50. The largest absolute Gasteiger partial charge is 0.326 e. The van der Waals surface area contributed by atoms with Crippen molar-refractivity contribution in [3.63, 3.8) is 0 Å². The number of hydrogen-bond donors (Lipinski definition) is 1. The Morgan fingerprint density at radius 3 is 3.00 bits per heavy atom. The van der Waals surface area contributed by atoms with Crippen molar-refractivity contribution in [1.82, 2.24) is 9.97 Å². The van der Waals surface area contributed by atoms with Crippen LogP contribution in [0.25, 0.3) is 0 Å². The van der Waals surface area contributed by atoms with E-state index in [4.69, 9.17) is 17.3 Å². The first-order valence-electron chi connectivity index (χ1n) is 4.32. The Kier molecular flexibility index (Phi) is 2.90. The Balaban J connectivity index is 2.37. The summed E-state index contributed by atoms with van der Waals surface area (Å²) in [7, 11) is 0. The van der Waals surface area contributed by atoms with Crippen molar-refractivity contribution in [1.29, 1.82) is 0 Å². The maximum absolute atomic E-state index is 11.6. The average molecular weight is 292 g/mol. The number of halogens is 2. The number of nitrogens with zero attached hydrogens (tertiary/aromatic N) is 3. The minimum Gasteiger partial charge on any atom is -0.326 e. The maximum atomic E-state index is 11.6. The first kappa shape index (κ1) is 10.8. The smallest absolute Gasteiger partial charge is 0.229 e. The van der Waals surface area contributed by atoms with Gasteiger partial charge in [-0.2, -0.15) is 0 Å². The third-order valence-corrected chi connectivity index (χ3v) is 2.83. The fourth-order valence-corrected chi connectivity index (χ4v) is 1.99. The summed E-state index contributed by atoms with van der Waals surface area (Å²) in [5, 5.41) is 0.251. The van der Waals surface area contributed by atoms with Gasteiger partial charge in [-0.1, -0.05) is 11.6 Å². The summed E-state index contributed by atoms with van der Waals surface area (Å²) in [5.41, 5.74) is 5.68. The number of rotatable bonds is 1. The fourth-order valence-electron chi connectivity index (χ4n) is 1.46. The SMILES string of the molecule is NC1CC(=O)N(c2nc(Cl)cnc2Br)C1. The molecule has 15 heavy (non-hydrogen) atoms. The quantitative estimate of drug-likeness (QED) is 0.836. The molecule has 1 aliphatic rings. The molecule has 0 aromatic carbocycles. The molecule has 5 nitrogen and oxygen atoms in total. The van der Waals surface area contributed by atoms with Gasteiger partial charge < -0.3 is 5.73 Å². The van der Waals surface area contributed by atoms with Gasteiger partial charge in [-0.3, -0.25) is 9.69 Å². The van der Waals surface area contributed by atoms with Crippen LogP contribution in [0.3, 0.4) is 0 Å². The molecule has 1 fully saturated rings. The van der Waals surface area contributed by atoms with Gasteiger partial charge in [-0.05, 0) is 15.9 Å². The lowest BCUT2D eigenvalue weighted by atomic mass is 10.3. The van der Waals surface area contributed by atoms with E-state index in [1.807, 2.05) is 0 Å². The van der Waals surface area contributed by atoms with Crippen molar-refractivity contribution >= 4 is 39.3 Å². The summed E-state index contributed by atoms with van der Waals surface area (Å²) >= 11 is 8.94.